The smallest absolute Gasteiger partial charge is 0.408 e. The quantitative estimate of drug-likeness (QED) is 0.356. The zero-order valence-electron chi connectivity index (χ0n) is 17.1. The first kappa shape index (κ1) is 25.1. The van der Waals surface area contributed by atoms with Gasteiger partial charge in [0.15, 0.2) is 0 Å². The van der Waals surface area contributed by atoms with Crippen LogP contribution < -0.4 is 5.32 Å². The molecule has 0 aromatic rings. The number of aliphatic carboxylic acids is 1. The lowest BCUT2D eigenvalue weighted by molar-refractivity contribution is -0.138. The van der Waals surface area contributed by atoms with Crippen LogP contribution in [-0.2, 0) is 9.53 Å². The highest BCUT2D eigenvalue weighted by molar-refractivity contribution is 7.99. The summed E-state index contributed by atoms with van der Waals surface area (Å²) >= 11 is 1.58. The summed E-state index contributed by atoms with van der Waals surface area (Å²) in [6.07, 6.45) is 12.2. The van der Waals surface area contributed by atoms with Crippen molar-refractivity contribution in [3.63, 3.8) is 0 Å². The van der Waals surface area contributed by atoms with E-state index in [-0.39, 0.29) is 0 Å². The molecule has 0 aliphatic carbocycles. The van der Waals surface area contributed by atoms with Gasteiger partial charge >= 0.3 is 12.1 Å². The van der Waals surface area contributed by atoms with Crippen molar-refractivity contribution in [2.75, 3.05) is 11.5 Å². The number of hydrogen-bond acceptors (Lipinski definition) is 4. The minimum atomic E-state index is -1.02. The first-order valence-electron chi connectivity index (χ1n) is 10.1. The number of alkyl carbamates (subject to hydrolysis) is 1. The molecule has 6 heteroatoms. The maximum Gasteiger partial charge on any atom is 0.408 e. The van der Waals surface area contributed by atoms with E-state index in [1.165, 1.54) is 57.8 Å². The number of thioether (sulfide) groups is 1. The lowest BCUT2D eigenvalue weighted by Gasteiger charge is -2.21. The first-order chi connectivity index (χ1) is 12.3. The number of ether oxygens (including phenoxy) is 1. The zero-order valence-corrected chi connectivity index (χ0v) is 18.0. The molecule has 0 fully saturated rings. The summed E-state index contributed by atoms with van der Waals surface area (Å²) in [6.45, 7) is 7.50. The van der Waals surface area contributed by atoms with E-state index >= 15 is 0 Å². The van der Waals surface area contributed by atoms with Crippen LogP contribution in [0, 0.1) is 0 Å². The highest BCUT2D eigenvalue weighted by Crippen LogP contribution is 2.13. The Kier molecular flexibility index (Phi) is 14.6. The van der Waals surface area contributed by atoms with Gasteiger partial charge in [0.2, 0.25) is 0 Å². The average molecular weight is 390 g/mol. The van der Waals surface area contributed by atoms with Crippen molar-refractivity contribution in [1.82, 2.24) is 5.32 Å². The minimum absolute atomic E-state index is 0.367. The van der Waals surface area contributed by atoms with Crippen molar-refractivity contribution < 1.29 is 19.4 Å². The molecule has 154 valence electrons. The van der Waals surface area contributed by atoms with Crippen molar-refractivity contribution in [1.29, 1.82) is 0 Å². The van der Waals surface area contributed by atoms with Crippen molar-refractivity contribution in [2.24, 2.45) is 0 Å². The third-order valence-corrected chi connectivity index (χ3v) is 5.06. The Morgan fingerprint density at radius 1 is 0.962 bits per heavy atom. The van der Waals surface area contributed by atoms with Crippen LogP contribution in [0.1, 0.15) is 91.9 Å². The third kappa shape index (κ3) is 16.6. The van der Waals surface area contributed by atoms with Gasteiger partial charge in [0.25, 0.3) is 0 Å². The molecule has 26 heavy (non-hydrogen) atoms. The van der Waals surface area contributed by atoms with Crippen LogP contribution in [0.3, 0.4) is 0 Å². The Morgan fingerprint density at radius 3 is 1.92 bits per heavy atom. The van der Waals surface area contributed by atoms with E-state index in [2.05, 4.69) is 12.2 Å². The van der Waals surface area contributed by atoms with Crippen LogP contribution in [0.15, 0.2) is 0 Å². The van der Waals surface area contributed by atoms with Crippen molar-refractivity contribution in [3.05, 3.63) is 0 Å². The van der Waals surface area contributed by atoms with Crippen LogP contribution in [0.2, 0.25) is 0 Å². The van der Waals surface area contributed by atoms with Gasteiger partial charge in [-0.25, -0.2) is 9.59 Å². The molecule has 1 atom stereocenters. The number of nitrogens with one attached hydrogen (secondary N) is 1. The lowest BCUT2D eigenvalue weighted by Crippen LogP contribution is -2.45. The van der Waals surface area contributed by atoms with Gasteiger partial charge in [-0.2, -0.15) is 11.8 Å². The molecule has 0 aromatic heterocycles. The van der Waals surface area contributed by atoms with E-state index in [4.69, 9.17) is 4.74 Å². The summed E-state index contributed by atoms with van der Waals surface area (Å²) in [5.41, 5.74) is -0.629. The molecule has 0 heterocycles. The standard InChI is InChI=1S/C20H39NO4S/c1-5-6-7-8-9-10-11-12-13-14-15-26-16-17(18(22)23)21-19(24)25-20(2,3)4/h17H,5-16H2,1-4H3,(H,21,24)(H,22,23)/t17-/m0/s1. The van der Waals surface area contributed by atoms with E-state index in [0.29, 0.717) is 5.75 Å². The molecule has 1 amide bonds. The number of unbranched alkanes of at least 4 members (excludes halogenated alkanes) is 9. The van der Waals surface area contributed by atoms with Gasteiger partial charge in [-0.15, -0.1) is 0 Å². The Hall–Kier alpha value is -0.910. The predicted octanol–water partition coefficient (Wildman–Crippen LogP) is 5.62. The van der Waals surface area contributed by atoms with E-state index in [1.807, 2.05) is 0 Å². The number of carboxylic acids is 1. The van der Waals surface area contributed by atoms with Gasteiger partial charge in [0.1, 0.15) is 11.6 Å². The van der Waals surface area contributed by atoms with E-state index in [9.17, 15) is 14.7 Å². The summed E-state index contributed by atoms with van der Waals surface area (Å²) in [6, 6.07) is -0.905. The fourth-order valence-corrected chi connectivity index (χ4v) is 3.55. The largest absolute Gasteiger partial charge is 0.480 e. The Labute approximate surface area is 164 Å². The van der Waals surface area contributed by atoms with E-state index in [0.717, 1.165) is 12.2 Å². The van der Waals surface area contributed by atoms with Crippen LogP contribution in [-0.4, -0.2) is 40.3 Å². The van der Waals surface area contributed by atoms with Gasteiger partial charge in [0.05, 0.1) is 0 Å². The maximum absolute atomic E-state index is 11.7. The number of rotatable bonds is 15. The summed E-state index contributed by atoms with van der Waals surface area (Å²) in [7, 11) is 0. The van der Waals surface area contributed by atoms with Crippen molar-refractivity contribution in [3.8, 4) is 0 Å². The van der Waals surface area contributed by atoms with Crippen molar-refractivity contribution >= 4 is 23.8 Å². The summed E-state index contributed by atoms with van der Waals surface area (Å²) in [5, 5.41) is 11.6. The summed E-state index contributed by atoms with van der Waals surface area (Å²) in [4.78, 5) is 22.9. The zero-order chi connectivity index (χ0) is 19.8. The second-order valence-corrected chi connectivity index (χ2v) is 8.94. The molecule has 0 radical (unpaired) electrons. The molecule has 0 bridgehead atoms. The maximum atomic E-state index is 11.7. The number of hydrogen-bond donors (Lipinski definition) is 2. The second-order valence-electron chi connectivity index (χ2n) is 7.79. The van der Waals surface area contributed by atoms with Gasteiger partial charge in [-0.1, -0.05) is 64.7 Å². The number of carboxylic acid groups (broad SMARTS) is 1. The molecule has 0 aliphatic heterocycles. The van der Waals surface area contributed by atoms with Crippen LogP contribution in [0.4, 0.5) is 4.79 Å². The van der Waals surface area contributed by atoms with Crippen LogP contribution >= 0.6 is 11.8 Å². The SMILES string of the molecule is CCCCCCCCCCCCSC[C@H](NC(=O)OC(C)(C)C)C(=O)O. The molecule has 0 saturated carbocycles. The Bertz CT molecular complexity index is 382. The molecule has 2 N–H and O–H groups in total. The molecule has 0 aliphatic rings. The molecule has 0 saturated heterocycles. The number of amides is 1. The van der Waals surface area contributed by atoms with Gasteiger partial charge in [-0.05, 0) is 32.9 Å². The highest BCUT2D eigenvalue weighted by atomic mass is 32.2. The highest BCUT2D eigenvalue weighted by Gasteiger charge is 2.23. The lowest BCUT2D eigenvalue weighted by atomic mass is 10.1. The summed E-state index contributed by atoms with van der Waals surface area (Å²) in [5.74, 6) is 0.272. The first-order valence-corrected chi connectivity index (χ1v) is 11.2. The second kappa shape index (κ2) is 15.2. The van der Waals surface area contributed by atoms with Crippen molar-refractivity contribution in [2.45, 2.75) is 104 Å². The third-order valence-electron chi connectivity index (χ3n) is 3.92. The Morgan fingerprint density at radius 2 is 1.46 bits per heavy atom. The van der Waals surface area contributed by atoms with E-state index < -0.39 is 23.7 Å². The molecular formula is C20H39NO4S. The van der Waals surface area contributed by atoms with E-state index in [1.54, 1.807) is 32.5 Å². The van der Waals surface area contributed by atoms with Gasteiger partial charge < -0.3 is 15.2 Å². The average Bonchev–Trinajstić information content (AvgIpc) is 2.52. The molecule has 0 rings (SSSR count). The molecule has 5 nitrogen and oxygen atoms in total. The summed E-state index contributed by atoms with van der Waals surface area (Å²) < 4.78 is 5.11. The fourth-order valence-electron chi connectivity index (χ4n) is 2.52. The predicted molar refractivity (Wildman–Crippen MR) is 110 cm³/mol. The molecule has 0 unspecified atom stereocenters. The molecular weight excluding hydrogens is 350 g/mol. The molecule has 0 spiro atoms. The van der Waals surface area contributed by atoms with Gasteiger partial charge in [0, 0.05) is 5.75 Å². The van der Waals surface area contributed by atoms with Crippen LogP contribution in [0.25, 0.3) is 0 Å². The topological polar surface area (TPSA) is 75.6 Å². The normalized spacial score (nSPS) is 12.6. The monoisotopic (exact) mass is 389 g/mol. The minimum Gasteiger partial charge on any atom is -0.480 e. The number of carbonyl (C=O) groups excluding carboxylic acids is 1. The fraction of sp³-hybridized carbons (Fsp3) is 0.900. The Balaban J connectivity index is 3.66. The number of carbonyl (C=O) groups is 2. The van der Waals surface area contributed by atoms with Crippen LogP contribution in [0.5, 0.6) is 0 Å². The van der Waals surface area contributed by atoms with Gasteiger partial charge in [-0.3, -0.25) is 0 Å². The molecule has 0 aromatic carbocycles.